The minimum absolute atomic E-state index is 0.353. The first-order chi connectivity index (χ1) is 17.5. The molecule has 0 bridgehead atoms. The number of hydrogen-bond acceptors (Lipinski definition) is 5. The Morgan fingerprint density at radius 1 is 0.806 bits per heavy atom. The van der Waals surface area contributed by atoms with Crippen LogP contribution in [0.1, 0.15) is 55.0 Å². The van der Waals surface area contributed by atoms with Gasteiger partial charge < -0.3 is 14.6 Å². The Morgan fingerprint density at radius 2 is 1.36 bits per heavy atom. The molecule has 190 valence electrons. The lowest BCUT2D eigenvalue weighted by atomic mass is 9.83. The highest BCUT2D eigenvalue weighted by Gasteiger charge is 2.26. The number of rotatable bonds is 6. The van der Waals surface area contributed by atoms with E-state index in [2.05, 4.69) is 10.2 Å². The van der Waals surface area contributed by atoms with Crippen molar-refractivity contribution >= 4 is 0 Å². The molecule has 7 nitrogen and oxygen atoms in total. The van der Waals surface area contributed by atoms with Crippen LogP contribution in [0.25, 0.3) is 11.4 Å². The maximum atomic E-state index is 10.7. The highest BCUT2D eigenvalue weighted by atomic mass is 16.5. The van der Waals surface area contributed by atoms with Crippen molar-refractivity contribution in [2.75, 3.05) is 14.2 Å². The molecular formula is C29H36N4O3. The molecule has 4 aromatic rings. The van der Waals surface area contributed by atoms with E-state index in [4.69, 9.17) is 9.47 Å². The molecule has 2 heterocycles. The third-order valence-corrected chi connectivity index (χ3v) is 6.70. The largest absolute Gasteiger partial charge is 0.497 e. The van der Waals surface area contributed by atoms with Crippen LogP contribution in [-0.4, -0.2) is 38.9 Å². The minimum atomic E-state index is -0.445. The maximum Gasteiger partial charge on any atom is 0.119 e. The van der Waals surface area contributed by atoms with Gasteiger partial charge in [0.25, 0.3) is 0 Å². The molecule has 1 unspecified atom stereocenters. The van der Waals surface area contributed by atoms with Crippen molar-refractivity contribution in [3.8, 4) is 22.9 Å². The molecule has 0 saturated heterocycles. The lowest BCUT2D eigenvalue weighted by Crippen LogP contribution is -2.17. The van der Waals surface area contributed by atoms with Crippen molar-refractivity contribution in [3.63, 3.8) is 0 Å². The van der Waals surface area contributed by atoms with Gasteiger partial charge in [-0.1, -0.05) is 19.3 Å². The van der Waals surface area contributed by atoms with Gasteiger partial charge in [-0.2, -0.15) is 10.2 Å². The molecule has 36 heavy (non-hydrogen) atoms. The van der Waals surface area contributed by atoms with Crippen molar-refractivity contribution < 1.29 is 14.6 Å². The quantitative estimate of drug-likeness (QED) is 0.361. The van der Waals surface area contributed by atoms with Crippen molar-refractivity contribution in [1.29, 1.82) is 0 Å². The van der Waals surface area contributed by atoms with Crippen molar-refractivity contribution in [3.05, 3.63) is 83.9 Å². The van der Waals surface area contributed by atoms with E-state index in [9.17, 15) is 5.11 Å². The first-order valence-corrected chi connectivity index (χ1v) is 12.5. The van der Waals surface area contributed by atoms with Gasteiger partial charge in [0.05, 0.1) is 37.5 Å². The fourth-order valence-corrected chi connectivity index (χ4v) is 4.60. The second-order valence-corrected chi connectivity index (χ2v) is 9.34. The first-order valence-electron chi connectivity index (χ1n) is 12.5. The van der Waals surface area contributed by atoms with E-state index in [1.165, 1.54) is 19.3 Å². The van der Waals surface area contributed by atoms with Crippen LogP contribution in [0.3, 0.4) is 0 Å². The summed E-state index contributed by atoms with van der Waals surface area (Å²) in [5.41, 5.74) is 5.04. The summed E-state index contributed by atoms with van der Waals surface area (Å²) in [5, 5.41) is 19.5. The fourth-order valence-electron chi connectivity index (χ4n) is 4.60. The number of methoxy groups -OCH3 is 2. The Labute approximate surface area is 213 Å². The van der Waals surface area contributed by atoms with Gasteiger partial charge in [0, 0.05) is 12.4 Å². The molecule has 5 rings (SSSR count). The average molecular weight is 489 g/mol. The minimum Gasteiger partial charge on any atom is -0.497 e. The second kappa shape index (κ2) is 11.9. The van der Waals surface area contributed by atoms with Crippen LogP contribution in [0.4, 0.5) is 0 Å². The molecule has 2 aromatic carbocycles. The zero-order valence-corrected chi connectivity index (χ0v) is 21.6. The first kappa shape index (κ1) is 25.5. The zero-order chi connectivity index (χ0) is 25.5. The molecule has 1 aliphatic carbocycles. The molecular weight excluding hydrogens is 452 g/mol. The summed E-state index contributed by atoms with van der Waals surface area (Å²) in [5.74, 6) is 2.04. The van der Waals surface area contributed by atoms with Crippen LogP contribution in [0, 0.1) is 19.8 Å². The molecule has 0 aliphatic heterocycles. The Hall–Kier alpha value is -3.58. The normalized spacial score (nSPS) is 14.6. The van der Waals surface area contributed by atoms with E-state index in [1.54, 1.807) is 14.2 Å². The number of aliphatic hydroxyl groups is 1. The monoisotopic (exact) mass is 488 g/mol. The fraction of sp³-hybridized carbons (Fsp3) is 0.379. The lowest BCUT2D eigenvalue weighted by molar-refractivity contribution is 0.0803. The second-order valence-electron chi connectivity index (χ2n) is 9.34. The molecule has 1 saturated carbocycles. The van der Waals surface area contributed by atoms with Crippen LogP contribution in [0.15, 0.2) is 67.1 Å². The van der Waals surface area contributed by atoms with Crippen LogP contribution in [0.5, 0.6) is 11.5 Å². The number of ether oxygens (including phenoxy) is 2. The number of aryl methyl sites for hydroxylation is 2. The van der Waals surface area contributed by atoms with E-state index >= 15 is 0 Å². The van der Waals surface area contributed by atoms with E-state index in [0.717, 1.165) is 52.5 Å². The van der Waals surface area contributed by atoms with Gasteiger partial charge in [-0.25, -0.2) is 9.36 Å². The molecule has 0 amide bonds. The van der Waals surface area contributed by atoms with E-state index in [1.807, 2.05) is 90.3 Å². The van der Waals surface area contributed by atoms with Crippen molar-refractivity contribution in [1.82, 2.24) is 19.6 Å². The third-order valence-electron chi connectivity index (χ3n) is 6.70. The molecule has 1 atom stereocenters. The summed E-state index contributed by atoms with van der Waals surface area (Å²) in [7, 11) is 3.32. The molecule has 0 spiro atoms. The van der Waals surface area contributed by atoms with Gasteiger partial charge in [-0.15, -0.1) is 0 Å². The standard InChI is InChI=1S/C18H24N2O2.C11H12N2O/c1-13-12-20(15-8-10-16(22-2)11-9-15)19-17(13)18(21)14-6-4-3-5-7-14;1-9-7-12-13(8-9)10-3-5-11(14-2)6-4-10/h8-12,14,18,21H,3-7H2,1-2H3;3-8H,1-2H3. The number of hydrogen-bond donors (Lipinski definition) is 1. The zero-order valence-electron chi connectivity index (χ0n) is 21.6. The highest BCUT2D eigenvalue weighted by molar-refractivity contribution is 5.38. The Morgan fingerprint density at radius 3 is 1.86 bits per heavy atom. The highest BCUT2D eigenvalue weighted by Crippen LogP contribution is 2.35. The van der Waals surface area contributed by atoms with Gasteiger partial charge >= 0.3 is 0 Å². The number of aliphatic hydroxyl groups excluding tert-OH is 1. The van der Waals surface area contributed by atoms with E-state index in [-0.39, 0.29) is 0 Å². The van der Waals surface area contributed by atoms with E-state index < -0.39 is 6.10 Å². The molecule has 2 aromatic heterocycles. The molecule has 1 N–H and O–H groups in total. The van der Waals surface area contributed by atoms with Gasteiger partial charge in [0.15, 0.2) is 0 Å². The van der Waals surface area contributed by atoms with Crippen LogP contribution >= 0.6 is 0 Å². The average Bonchev–Trinajstić information content (AvgIpc) is 3.54. The lowest BCUT2D eigenvalue weighted by Gasteiger charge is -2.25. The SMILES string of the molecule is COc1ccc(-n2cc(C)c(C(O)C3CCCCC3)n2)cc1.COc1ccc(-n2cc(C)cn2)cc1. The van der Waals surface area contributed by atoms with Crippen molar-refractivity contribution in [2.45, 2.75) is 52.1 Å². The Bertz CT molecular complexity index is 1220. The van der Waals surface area contributed by atoms with Gasteiger partial charge in [-0.3, -0.25) is 0 Å². The summed E-state index contributed by atoms with van der Waals surface area (Å²) in [6, 6.07) is 15.6. The predicted octanol–water partition coefficient (Wildman–Crippen LogP) is 5.99. The smallest absolute Gasteiger partial charge is 0.119 e. The van der Waals surface area contributed by atoms with Gasteiger partial charge in [0.1, 0.15) is 17.6 Å². The third kappa shape index (κ3) is 6.15. The predicted molar refractivity (Wildman–Crippen MR) is 141 cm³/mol. The Balaban J connectivity index is 0.000000187. The van der Waals surface area contributed by atoms with Crippen molar-refractivity contribution in [2.24, 2.45) is 5.92 Å². The summed E-state index contributed by atoms with van der Waals surface area (Å²) >= 11 is 0. The molecule has 1 aliphatic rings. The Kier molecular flexibility index (Phi) is 8.44. The number of aromatic nitrogens is 4. The summed E-state index contributed by atoms with van der Waals surface area (Å²) in [6.45, 7) is 4.04. The summed E-state index contributed by atoms with van der Waals surface area (Å²) < 4.78 is 13.9. The van der Waals surface area contributed by atoms with Gasteiger partial charge in [0.2, 0.25) is 0 Å². The number of benzene rings is 2. The molecule has 7 heteroatoms. The molecule has 1 fully saturated rings. The summed E-state index contributed by atoms with van der Waals surface area (Å²) in [6.07, 6.45) is 11.3. The van der Waals surface area contributed by atoms with Crippen LogP contribution in [0.2, 0.25) is 0 Å². The maximum absolute atomic E-state index is 10.7. The topological polar surface area (TPSA) is 74.3 Å². The number of nitrogens with zero attached hydrogens (tertiary/aromatic N) is 4. The van der Waals surface area contributed by atoms with Crippen LogP contribution in [-0.2, 0) is 0 Å². The van der Waals surface area contributed by atoms with Gasteiger partial charge in [-0.05, 0) is 92.3 Å². The summed E-state index contributed by atoms with van der Waals surface area (Å²) in [4.78, 5) is 0. The van der Waals surface area contributed by atoms with Crippen LogP contribution < -0.4 is 9.47 Å². The van der Waals surface area contributed by atoms with E-state index in [0.29, 0.717) is 5.92 Å². The molecule has 0 radical (unpaired) electrons.